The van der Waals surface area contributed by atoms with Gasteiger partial charge < -0.3 is 5.73 Å². The molecule has 1 heterocycles. The summed E-state index contributed by atoms with van der Waals surface area (Å²) in [6, 6.07) is -0.462. The molecule has 1 aliphatic heterocycles. The maximum absolute atomic E-state index is 10.4. The van der Waals surface area contributed by atoms with Crippen molar-refractivity contribution in [3.63, 3.8) is 0 Å². The Morgan fingerprint density at radius 2 is 2.11 bits per heavy atom. The van der Waals surface area contributed by atoms with Crippen molar-refractivity contribution in [1.82, 2.24) is 4.90 Å². The van der Waals surface area contributed by atoms with E-state index in [1.165, 1.54) is 4.90 Å². The van der Waals surface area contributed by atoms with Gasteiger partial charge in [0.1, 0.15) is 0 Å². The van der Waals surface area contributed by atoms with Crippen LogP contribution in [0.2, 0.25) is 0 Å². The molecule has 0 unspecified atom stereocenters. The maximum atomic E-state index is 10.4. The Hall–Kier alpha value is -1.25. The van der Waals surface area contributed by atoms with Crippen LogP contribution in [-0.2, 0) is 0 Å². The van der Waals surface area contributed by atoms with E-state index < -0.39 is 6.03 Å². The molecule has 47 valence electrons. The van der Waals surface area contributed by atoms with Crippen LogP contribution in [-0.4, -0.2) is 10.9 Å². The number of allylic oxidation sites excluding steroid dienone is 2. The summed E-state index contributed by atoms with van der Waals surface area (Å²) >= 11 is 0. The van der Waals surface area contributed by atoms with Gasteiger partial charge in [0, 0.05) is 6.20 Å². The van der Waals surface area contributed by atoms with Crippen LogP contribution in [0.3, 0.4) is 0 Å². The van der Waals surface area contributed by atoms with Gasteiger partial charge in [0.25, 0.3) is 0 Å². The highest BCUT2D eigenvalue weighted by molar-refractivity contribution is 5.74. The average molecular weight is 123 g/mol. The molecule has 1 rings (SSSR count). The van der Waals surface area contributed by atoms with Crippen molar-refractivity contribution in [1.29, 1.82) is 0 Å². The normalized spacial score (nSPS) is 16.2. The first kappa shape index (κ1) is 5.88. The van der Waals surface area contributed by atoms with Gasteiger partial charge in [-0.3, -0.25) is 4.90 Å². The monoisotopic (exact) mass is 123 g/mol. The van der Waals surface area contributed by atoms with Gasteiger partial charge in [-0.25, -0.2) is 4.79 Å². The topological polar surface area (TPSA) is 46.3 Å². The van der Waals surface area contributed by atoms with Crippen LogP contribution in [0.1, 0.15) is 0 Å². The zero-order chi connectivity index (χ0) is 6.69. The fourth-order valence-electron chi connectivity index (χ4n) is 0.546. The molecule has 2 N–H and O–H groups in total. The number of primary amides is 1. The smallest absolute Gasteiger partial charge is 0.319 e. The van der Waals surface area contributed by atoms with Gasteiger partial charge in [-0.1, -0.05) is 12.2 Å². The Balaban J connectivity index is 2.56. The van der Waals surface area contributed by atoms with Gasteiger partial charge in [-0.15, -0.1) is 0 Å². The Morgan fingerprint density at radius 3 is 2.44 bits per heavy atom. The number of nitrogens with two attached hydrogens (primary N) is 1. The van der Waals surface area contributed by atoms with E-state index in [9.17, 15) is 4.79 Å². The summed E-state index contributed by atoms with van der Waals surface area (Å²) in [6.45, 7) is 1.60. The summed E-state index contributed by atoms with van der Waals surface area (Å²) in [7, 11) is 0. The van der Waals surface area contributed by atoms with Crippen LogP contribution in [0.4, 0.5) is 4.79 Å². The summed E-state index contributed by atoms with van der Waals surface area (Å²) in [6.07, 6.45) is 6.90. The van der Waals surface area contributed by atoms with Crippen LogP contribution in [0.25, 0.3) is 0 Å². The molecule has 3 heteroatoms. The Bertz CT molecular complexity index is 172. The fourth-order valence-corrected chi connectivity index (χ4v) is 0.546. The van der Waals surface area contributed by atoms with Gasteiger partial charge in [-0.2, -0.15) is 0 Å². The third-order valence-electron chi connectivity index (χ3n) is 0.970. The van der Waals surface area contributed by atoms with E-state index in [1.54, 1.807) is 24.9 Å². The molecule has 0 aromatic carbocycles. The zero-order valence-electron chi connectivity index (χ0n) is 4.82. The standard InChI is InChI=1S/C6H7N2O/c7-6(9)8-4-2-1-3-5-8/h1-5H,(H2,7,9). The van der Waals surface area contributed by atoms with Crippen LogP contribution >= 0.6 is 0 Å². The van der Waals surface area contributed by atoms with E-state index >= 15 is 0 Å². The molecule has 0 aliphatic carbocycles. The molecule has 0 spiro atoms. The van der Waals surface area contributed by atoms with Gasteiger partial charge in [0.05, 0.1) is 6.54 Å². The van der Waals surface area contributed by atoms with Crippen LogP contribution in [0, 0.1) is 6.54 Å². The molecule has 0 saturated carbocycles. The highest BCUT2D eigenvalue weighted by Gasteiger charge is 2.03. The number of hydrogen-bond acceptors (Lipinski definition) is 1. The summed E-state index contributed by atoms with van der Waals surface area (Å²) in [5, 5.41) is 0. The minimum absolute atomic E-state index is 0.462. The number of nitrogens with zero attached hydrogens (tertiary/aromatic N) is 1. The van der Waals surface area contributed by atoms with Crippen molar-refractivity contribution in [2.45, 2.75) is 0 Å². The molecule has 1 radical (unpaired) electrons. The van der Waals surface area contributed by atoms with E-state index in [1.807, 2.05) is 6.08 Å². The van der Waals surface area contributed by atoms with Crippen molar-refractivity contribution in [2.75, 3.05) is 0 Å². The minimum Gasteiger partial charge on any atom is -0.351 e. The largest absolute Gasteiger partial charge is 0.351 e. The average Bonchev–Trinajstić information content (AvgIpc) is 1.90. The van der Waals surface area contributed by atoms with Crippen molar-refractivity contribution < 1.29 is 4.79 Å². The molecule has 1 aliphatic rings. The third-order valence-corrected chi connectivity index (χ3v) is 0.970. The predicted molar refractivity (Wildman–Crippen MR) is 34.0 cm³/mol. The van der Waals surface area contributed by atoms with Gasteiger partial charge in [0.15, 0.2) is 0 Å². The molecule has 0 atom stereocenters. The number of hydrogen-bond donors (Lipinski definition) is 1. The lowest BCUT2D eigenvalue weighted by Crippen LogP contribution is -2.28. The molecule has 0 fully saturated rings. The highest BCUT2D eigenvalue weighted by atomic mass is 16.2. The van der Waals surface area contributed by atoms with Gasteiger partial charge in [-0.05, 0) is 6.08 Å². The molecule has 0 bridgehead atoms. The van der Waals surface area contributed by atoms with Gasteiger partial charge in [0.2, 0.25) is 0 Å². The van der Waals surface area contributed by atoms with E-state index in [-0.39, 0.29) is 0 Å². The second-order valence-corrected chi connectivity index (χ2v) is 1.62. The number of urea groups is 1. The second kappa shape index (κ2) is 2.35. The van der Waals surface area contributed by atoms with E-state index in [0.29, 0.717) is 0 Å². The Morgan fingerprint density at radius 1 is 1.33 bits per heavy atom. The molecule has 2 amide bonds. The van der Waals surface area contributed by atoms with E-state index in [0.717, 1.165) is 0 Å². The molecule has 0 aromatic heterocycles. The highest BCUT2D eigenvalue weighted by Crippen LogP contribution is 2.00. The molecule has 9 heavy (non-hydrogen) atoms. The summed E-state index contributed by atoms with van der Waals surface area (Å²) in [4.78, 5) is 11.7. The first-order valence-corrected chi connectivity index (χ1v) is 2.57. The quantitative estimate of drug-likeness (QED) is 0.504. The number of rotatable bonds is 0. The Labute approximate surface area is 53.4 Å². The van der Waals surface area contributed by atoms with E-state index in [4.69, 9.17) is 5.73 Å². The first-order chi connectivity index (χ1) is 4.30. The molecule has 0 aromatic rings. The molecule has 0 saturated heterocycles. The lowest BCUT2D eigenvalue weighted by atomic mass is 10.4. The SMILES string of the molecule is NC(=O)N1[CH]C=CC=C1. The van der Waals surface area contributed by atoms with Crippen molar-refractivity contribution in [2.24, 2.45) is 5.73 Å². The summed E-state index contributed by atoms with van der Waals surface area (Å²) in [5.41, 5.74) is 4.94. The van der Waals surface area contributed by atoms with Crippen molar-refractivity contribution in [3.8, 4) is 0 Å². The lowest BCUT2D eigenvalue weighted by molar-refractivity contribution is 0.232. The summed E-state index contributed by atoms with van der Waals surface area (Å²) in [5.74, 6) is 0. The number of carbonyl (C=O) groups excluding carboxylic acids is 1. The third kappa shape index (κ3) is 1.32. The molecule has 3 nitrogen and oxygen atoms in total. The second-order valence-electron chi connectivity index (χ2n) is 1.62. The molecular formula is C6H7N2O. The predicted octanol–water partition coefficient (Wildman–Crippen LogP) is 0.612. The fraction of sp³-hybridized carbons (Fsp3) is 0. The Kier molecular flexibility index (Phi) is 1.53. The van der Waals surface area contributed by atoms with Gasteiger partial charge >= 0.3 is 6.03 Å². The van der Waals surface area contributed by atoms with Crippen molar-refractivity contribution in [3.05, 3.63) is 31.0 Å². The molecular weight excluding hydrogens is 116 g/mol. The number of carbonyl (C=O) groups is 1. The van der Waals surface area contributed by atoms with Crippen LogP contribution in [0.5, 0.6) is 0 Å². The van der Waals surface area contributed by atoms with Crippen LogP contribution < -0.4 is 5.73 Å². The minimum atomic E-state index is -0.462. The zero-order valence-corrected chi connectivity index (χ0v) is 4.82. The maximum Gasteiger partial charge on any atom is 0.319 e. The van der Waals surface area contributed by atoms with E-state index in [2.05, 4.69) is 0 Å². The lowest BCUT2D eigenvalue weighted by Gasteiger charge is -2.13. The van der Waals surface area contributed by atoms with Crippen LogP contribution in [0.15, 0.2) is 24.4 Å². The first-order valence-electron chi connectivity index (χ1n) is 2.57. The summed E-state index contributed by atoms with van der Waals surface area (Å²) < 4.78 is 0. The number of amides is 2. The van der Waals surface area contributed by atoms with Crippen molar-refractivity contribution >= 4 is 6.03 Å².